The molecule has 0 atom stereocenters. The standard InChI is InChI=1S/C28H28F2N6O2/c1-2-24-25(30)26(34-33-24)27(37)32-22-16-31-36(17-22)23-11-13-35(14-12-23)28(38)20-7-3-18(4-8-20)15-19-5-9-21(29)10-6-19/h3-10,16-17,23H,2,11-15H2,1H3,(H,32,37)(H,33,34). The summed E-state index contributed by atoms with van der Waals surface area (Å²) in [5.41, 5.74) is 3.15. The Kier molecular flexibility index (Phi) is 7.30. The molecule has 2 aromatic heterocycles. The molecule has 0 aliphatic carbocycles. The van der Waals surface area contributed by atoms with Gasteiger partial charge in [0.05, 0.1) is 23.6 Å². The van der Waals surface area contributed by atoms with E-state index in [0.29, 0.717) is 37.2 Å². The Bertz CT molecular complexity index is 1420. The van der Waals surface area contributed by atoms with Crippen molar-refractivity contribution in [1.29, 1.82) is 0 Å². The zero-order valence-electron chi connectivity index (χ0n) is 21.0. The van der Waals surface area contributed by atoms with Gasteiger partial charge in [-0.25, -0.2) is 8.78 Å². The highest BCUT2D eigenvalue weighted by atomic mass is 19.1. The van der Waals surface area contributed by atoms with Gasteiger partial charge in [0, 0.05) is 24.8 Å². The third-order valence-corrected chi connectivity index (χ3v) is 6.85. The van der Waals surface area contributed by atoms with Crippen molar-refractivity contribution in [3.8, 4) is 0 Å². The van der Waals surface area contributed by atoms with Gasteiger partial charge in [-0.3, -0.25) is 19.4 Å². The fraction of sp³-hybridized carbons (Fsp3) is 0.286. The molecule has 0 bridgehead atoms. The van der Waals surface area contributed by atoms with E-state index < -0.39 is 11.7 Å². The molecule has 1 aliphatic rings. The summed E-state index contributed by atoms with van der Waals surface area (Å²) in [5.74, 6) is -1.55. The molecule has 196 valence electrons. The monoisotopic (exact) mass is 518 g/mol. The Hall–Kier alpha value is -4.34. The third kappa shape index (κ3) is 5.49. The number of halogens is 2. The summed E-state index contributed by atoms with van der Waals surface area (Å²) in [7, 11) is 0. The Balaban J connectivity index is 1.14. The summed E-state index contributed by atoms with van der Waals surface area (Å²) in [6.07, 6.45) is 5.75. The van der Waals surface area contributed by atoms with Gasteiger partial charge in [0.15, 0.2) is 11.5 Å². The van der Waals surface area contributed by atoms with E-state index in [4.69, 9.17) is 0 Å². The second-order valence-corrected chi connectivity index (χ2v) is 9.40. The quantitative estimate of drug-likeness (QED) is 0.369. The number of aromatic amines is 1. The van der Waals surface area contributed by atoms with Crippen molar-refractivity contribution in [2.45, 2.75) is 38.6 Å². The molecule has 0 radical (unpaired) electrons. The number of likely N-dealkylation sites (tertiary alicyclic amines) is 1. The maximum absolute atomic E-state index is 14.2. The van der Waals surface area contributed by atoms with Gasteiger partial charge < -0.3 is 10.2 Å². The average Bonchev–Trinajstić information content (AvgIpc) is 3.56. The number of nitrogens with one attached hydrogen (secondary N) is 2. The van der Waals surface area contributed by atoms with Crippen LogP contribution >= 0.6 is 0 Å². The van der Waals surface area contributed by atoms with Crippen molar-refractivity contribution in [2.24, 2.45) is 0 Å². The number of carbonyl (C=O) groups excluding carboxylic acids is 2. The Morgan fingerprint density at radius 3 is 2.32 bits per heavy atom. The van der Waals surface area contributed by atoms with Crippen LogP contribution in [0.5, 0.6) is 0 Å². The largest absolute Gasteiger partial charge is 0.338 e. The molecule has 38 heavy (non-hydrogen) atoms. The van der Waals surface area contributed by atoms with Crippen LogP contribution < -0.4 is 5.32 Å². The summed E-state index contributed by atoms with van der Waals surface area (Å²) < 4.78 is 29.1. The number of hydrogen-bond acceptors (Lipinski definition) is 4. The molecule has 2 aromatic carbocycles. The second kappa shape index (κ2) is 11.0. The van der Waals surface area contributed by atoms with E-state index >= 15 is 0 Å². The van der Waals surface area contributed by atoms with Crippen molar-refractivity contribution in [3.63, 3.8) is 0 Å². The van der Waals surface area contributed by atoms with Crippen LogP contribution in [-0.4, -0.2) is 49.8 Å². The molecule has 3 heterocycles. The van der Waals surface area contributed by atoms with Crippen molar-refractivity contribution in [3.05, 3.63) is 101 Å². The first-order valence-corrected chi connectivity index (χ1v) is 12.6. The molecular weight excluding hydrogens is 490 g/mol. The van der Waals surface area contributed by atoms with E-state index in [-0.39, 0.29) is 29.2 Å². The van der Waals surface area contributed by atoms with Gasteiger partial charge in [0.25, 0.3) is 11.8 Å². The number of hydrogen-bond donors (Lipinski definition) is 2. The minimum atomic E-state index is -0.642. The van der Waals surface area contributed by atoms with Crippen molar-refractivity contribution in [1.82, 2.24) is 24.9 Å². The van der Waals surface area contributed by atoms with E-state index in [1.54, 1.807) is 29.9 Å². The van der Waals surface area contributed by atoms with E-state index in [9.17, 15) is 18.4 Å². The molecule has 2 amide bonds. The fourth-order valence-corrected chi connectivity index (χ4v) is 4.66. The molecule has 1 saturated heterocycles. The summed E-state index contributed by atoms with van der Waals surface area (Å²) in [6, 6.07) is 14.0. The summed E-state index contributed by atoms with van der Waals surface area (Å²) in [5, 5.41) is 13.3. The third-order valence-electron chi connectivity index (χ3n) is 6.85. The van der Waals surface area contributed by atoms with E-state index in [2.05, 4.69) is 20.6 Å². The van der Waals surface area contributed by atoms with Crippen LogP contribution in [0.1, 0.15) is 63.5 Å². The van der Waals surface area contributed by atoms with Gasteiger partial charge in [-0.05, 0) is 61.1 Å². The SMILES string of the molecule is CCc1[nH]nc(C(=O)Nc2cnn(C3CCN(C(=O)c4ccc(Cc5ccc(F)cc5)cc4)CC3)c2)c1F. The molecule has 4 aromatic rings. The Morgan fingerprint density at radius 1 is 1.03 bits per heavy atom. The van der Waals surface area contributed by atoms with Crippen LogP contribution in [0, 0.1) is 11.6 Å². The van der Waals surface area contributed by atoms with E-state index in [1.165, 1.54) is 18.3 Å². The molecule has 1 fully saturated rings. The van der Waals surface area contributed by atoms with Crippen LogP contribution in [0.25, 0.3) is 0 Å². The van der Waals surface area contributed by atoms with Gasteiger partial charge in [0.2, 0.25) is 0 Å². The lowest BCUT2D eigenvalue weighted by atomic mass is 10.0. The number of aryl methyl sites for hydroxylation is 1. The number of nitrogens with zero attached hydrogens (tertiary/aromatic N) is 4. The van der Waals surface area contributed by atoms with Crippen LogP contribution in [0.3, 0.4) is 0 Å². The number of carbonyl (C=O) groups is 2. The first-order chi connectivity index (χ1) is 18.4. The number of amides is 2. The fourth-order valence-electron chi connectivity index (χ4n) is 4.66. The van der Waals surface area contributed by atoms with Crippen LogP contribution in [0.2, 0.25) is 0 Å². The maximum atomic E-state index is 14.2. The maximum Gasteiger partial charge on any atom is 0.279 e. The topological polar surface area (TPSA) is 95.9 Å². The van der Waals surface area contributed by atoms with Gasteiger partial charge in [0.1, 0.15) is 5.82 Å². The molecule has 1 aliphatic heterocycles. The lowest BCUT2D eigenvalue weighted by Crippen LogP contribution is -2.39. The average molecular weight is 519 g/mol. The highest BCUT2D eigenvalue weighted by molar-refractivity contribution is 6.03. The molecule has 2 N–H and O–H groups in total. The van der Waals surface area contributed by atoms with Gasteiger partial charge in [-0.2, -0.15) is 10.2 Å². The zero-order chi connectivity index (χ0) is 26.6. The summed E-state index contributed by atoms with van der Waals surface area (Å²) in [6.45, 7) is 2.94. The first-order valence-electron chi connectivity index (χ1n) is 12.6. The lowest BCUT2D eigenvalue weighted by molar-refractivity contribution is 0.0689. The van der Waals surface area contributed by atoms with Gasteiger partial charge >= 0.3 is 0 Å². The Morgan fingerprint density at radius 2 is 1.68 bits per heavy atom. The van der Waals surface area contributed by atoms with Crippen LogP contribution in [-0.2, 0) is 12.8 Å². The van der Waals surface area contributed by atoms with Crippen molar-refractivity contribution >= 4 is 17.5 Å². The second-order valence-electron chi connectivity index (χ2n) is 9.40. The van der Waals surface area contributed by atoms with Gasteiger partial charge in [-0.15, -0.1) is 0 Å². The predicted molar refractivity (Wildman–Crippen MR) is 138 cm³/mol. The minimum Gasteiger partial charge on any atom is -0.338 e. The highest BCUT2D eigenvalue weighted by Gasteiger charge is 2.26. The molecule has 0 spiro atoms. The van der Waals surface area contributed by atoms with Crippen molar-refractivity contribution < 1.29 is 18.4 Å². The summed E-state index contributed by atoms with van der Waals surface area (Å²) in [4.78, 5) is 27.3. The number of anilines is 1. The number of aromatic nitrogens is 4. The van der Waals surface area contributed by atoms with E-state index in [0.717, 1.165) is 24.0 Å². The minimum absolute atomic E-state index is 0.0160. The van der Waals surface area contributed by atoms with E-state index in [1.807, 2.05) is 29.2 Å². The summed E-state index contributed by atoms with van der Waals surface area (Å²) >= 11 is 0. The number of benzene rings is 2. The van der Waals surface area contributed by atoms with Crippen LogP contribution in [0.15, 0.2) is 60.9 Å². The van der Waals surface area contributed by atoms with Crippen LogP contribution in [0.4, 0.5) is 14.5 Å². The van der Waals surface area contributed by atoms with Gasteiger partial charge in [-0.1, -0.05) is 31.2 Å². The van der Waals surface area contributed by atoms with Crippen molar-refractivity contribution in [2.75, 3.05) is 18.4 Å². The number of piperidine rings is 1. The Labute approximate surface area is 218 Å². The molecule has 10 heteroatoms. The molecule has 0 unspecified atom stereocenters. The zero-order valence-corrected chi connectivity index (χ0v) is 21.0. The smallest absolute Gasteiger partial charge is 0.279 e. The normalized spacial score (nSPS) is 14.0. The highest BCUT2D eigenvalue weighted by Crippen LogP contribution is 2.25. The molecular formula is C28H28F2N6O2. The molecule has 5 rings (SSSR count). The first kappa shape index (κ1) is 25.3. The number of H-pyrrole nitrogens is 1. The predicted octanol–water partition coefficient (Wildman–Crippen LogP) is 4.77. The molecule has 0 saturated carbocycles. The molecule has 8 nitrogen and oxygen atoms in total. The number of rotatable bonds is 7. The lowest BCUT2D eigenvalue weighted by Gasteiger charge is -2.32.